The summed E-state index contributed by atoms with van der Waals surface area (Å²) in [6, 6.07) is 8.41. The molecule has 0 radical (unpaired) electrons. The fourth-order valence-corrected chi connectivity index (χ4v) is 2.53. The Labute approximate surface area is 153 Å². The second kappa shape index (κ2) is 10.3. The Balaban J connectivity index is 2.01. The molecule has 5 heteroatoms. The molecule has 0 aliphatic heterocycles. The Kier molecular flexibility index (Phi) is 7.80. The highest BCUT2D eigenvalue weighted by molar-refractivity contribution is 5.90. The Bertz CT molecular complexity index is 800. The van der Waals surface area contributed by atoms with Crippen molar-refractivity contribution in [1.82, 2.24) is 4.98 Å². The maximum absolute atomic E-state index is 14.1. The summed E-state index contributed by atoms with van der Waals surface area (Å²) in [5.41, 5.74) is 5.91. The number of rotatable bonds is 10. The minimum absolute atomic E-state index is 0.145. The molecule has 1 aromatic heterocycles. The van der Waals surface area contributed by atoms with Gasteiger partial charge in [-0.05, 0) is 31.1 Å². The molecular formula is C21H25FN2O2. The Morgan fingerprint density at radius 1 is 1.23 bits per heavy atom. The average Bonchev–Trinajstić information content (AvgIpc) is 2.63. The fourth-order valence-electron chi connectivity index (χ4n) is 2.53. The van der Waals surface area contributed by atoms with Crippen LogP contribution in [0.3, 0.4) is 0 Å². The third-order valence-corrected chi connectivity index (χ3v) is 3.95. The van der Waals surface area contributed by atoms with Crippen molar-refractivity contribution in [2.75, 3.05) is 0 Å². The van der Waals surface area contributed by atoms with Crippen molar-refractivity contribution in [2.45, 2.75) is 45.4 Å². The molecule has 0 atom stereocenters. The molecule has 2 aromatic rings. The number of amides is 1. The third-order valence-electron chi connectivity index (χ3n) is 3.95. The smallest absolute Gasteiger partial charge is 0.284 e. The van der Waals surface area contributed by atoms with Crippen LogP contribution in [0.2, 0.25) is 0 Å². The lowest BCUT2D eigenvalue weighted by atomic mass is 10.1. The molecule has 0 saturated heterocycles. The van der Waals surface area contributed by atoms with Crippen LogP contribution in [0.5, 0.6) is 5.88 Å². The van der Waals surface area contributed by atoms with Crippen LogP contribution in [0.15, 0.2) is 54.3 Å². The average molecular weight is 356 g/mol. The number of fused-ring (bicyclic) bond motifs is 1. The molecule has 2 N–H and O–H groups in total. The number of hydrogen-bond donors (Lipinski definition) is 1. The minimum Gasteiger partial charge on any atom is -0.431 e. The van der Waals surface area contributed by atoms with Crippen molar-refractivity contribution in [3.8, 4) is 5.88 Å². The van der Waals surface area contributed by atoms with Crippen LogP contribution in [-0.2, 0) is 4.79 Å². The van der Waals surface area contributed by atoms with Crippen molar-refractivity contribution in [3.05, 3.63) is 60.1 Å². The molecule has 0 bridgehead atoms. The molecule has 1 aromatic carbocycles. The van der Waals surface area contributed by atoms with Crippen molar-refractivity contribution in [1.29, 1.82) is 0 Å². The van der Waals surface area contributed by atoms with Gasteiger partial charge in [-0.2, -0.15) is 0 Å². The van der Waals surface area contributed by atoms with Gasteiger partial charge in [-0.1, -0.05) is 63.0 Å². The van der Waals surface area contributed by atoms with Gasteiger partial charge in [-0.15, -0.1) is 0 Å². The van der Waals surface area contributed by atoms with Gasteiger partial charge in [0.25, 0.3) is 11.8 Å². The molecule has 26 heavy (non-hydrogen) atoms. The van der Waals surface area contributed by atoms with E-state index < -0.39 is 11.7 Å². The van der Waals surface area contributed by atoms with Gasteiger partial charge < -0.3 is 10.5 Å². The highest BCUT2D eigenvalue weighted by Gasteiger charge is 2.13. The normalized spacial score (nSPS) is 12.0. The first-order valence-electron chi connectivity index (χ1n) is 9.01. The lowest BCUT2D eigenvalue weighted by Gasteiger charge is -2.07. The maximum Gasteiger partial charge on any atom is 0.284 e. The van der Waals surface area contributed by atoms with E-state index in [1.165, 1.54) is 37.8 Å². The van der Waals surface area contributed by atoms with Crippen LogP contribution >= 0.6 is 0 Å². The first kappa shape index (κ1) is 19.6. The summed E-state index contributed by atoms with van der Waals surface area (Å²) < 4.78 is 19.5. The molecule has 0 fully saturated rings. The quantitative estimate of drug-likeness (QED) is 0.281. The zero-order valence-electron chi connectivity index (χ0n) is 15.1. The van der Waals surface area contributed by atoms with Gasteiger partial charge in [-0.3, -0.25) is 4.79 Å². The molecule has 0 saturated carbocycles. The Morgan fingerprint density at radius 3 is 2.77 bits per heavy atom. The van der Waals surface area contributed by atoms with Gasteiger partial charge in [0.15, 0.2) is 11.6 Å². The van der Waals surface area contributed by atoms with Crippen LogP contribution in [-0.4, -0.2) is 10.9 Å². The van der Waals surface area contributed by atoms with Gasteiger partial charge in [0.05, 0.1) is 5.52 Å². The van der Waals surface area contributed by atoms with Crippen molar-refractivity contribution >= 4 is 16.8 Å². The SMILES string of the molecule is CCCCCCC/C=C/C=C(/Oc1nc2ccccc2cc1F)C(N)=O. The summed E-state index contributed by atoms with van der Waals surface area (Å²) >= 11 is 0. The number of carbonyl (C=O) groups excluding carboxylic acids is 1. The van der Waals surface area contributed by atoms with Gasteiger partial charge in [-0.25, -0.2) is 9.37 Å². The van der Waals surface area contributed by atoms with E-state index in [0.29, 0.717) is 10.9 Å². The van der Waals surface area contributed by atoms with Crippen LogP contribution in [0, 0.1) is 5.82 Å². The molecule has 2 rings (SSSR count). The zero-order chi connectivity index (χ0) is 18.8. The standard InChI is InChI=1S/C21H25FN2O2/c1-2-3-4-5-6-7-8-9-14-19(20(23)25)26-21-17(22)15-16-12-10-11-13-18(16)24-21/h8-15H,2-7H2,1H3,(H2,23,25)/b9-8+,19-14+. The van der Waals surface area contributed by atoms with Crippen LogP contribution < -0.4 is 10.5 Å². The number of ether oxygens (including phenoxy) is 1. The summed E-state index contributed by atoms with van der Waals surface area (Å²) in [7, 11) is 0. The number of pyridine rings is 1. The zero-order valence-corrected chi connectivity index (χ0v) is 15.1. The van der Waals surface area contributed by atoms with E-state index in [-0.39, 0.29) is 11.6 Å². The lowest BCUT2D eigenvalue weighted by Crippen LogP contribution is -2.18. The summed E-state index contributed by atoms with van der Waals surface area (Å²) in [5, 5.41) is 0.657. The van der Waals surface area contributed by atoms with E-state index in [1.54, 1.807) is 30.3 Å². The number of halogens is 1. The topological polar surface area (TPSA) is 65.2 Å². The van der Waals surface area contributed by atoms with Crippen molar-refractivity contribution < 1.29 is 13.9 Å². The summed E-state index contributed by atoms with van der Waals surface area (Å²) in [6.45, 7) is 2.18. The Morgan fingerprint density at radius 2 is 2.00 bits per heavy atom. The number of primary amides is 1. The van der Waals surface area contributed by atoms with E-state index in [0.717, 1.165) is 12.8 Å². The summed E-state index contributed by atoms with van der Waals surface area (Å²) in [6.07, 6.45) is 12.0. The number of para-hydroxylation sites is 1. The molecular weight excluding hydrogens is 331 g/mol. The molecule has 4 nitrogen and oxygen atoms in total. The van der Waals surface area contributed by atoms with Crippen LogP contribution in [0.25, 0.3) is 10.9 Å². The number of aromatic nitrogens is 1. The second-order valence-corrected chi connectivity index (χ2v) is 6.10. The second-order valence-electron chi connectivity index (χ2n) is 6.10. The molecule has 1 heterocycles. The molecule has 0 unspecified atom stereocenters. The van der Waals surface area contributed by atoms with Crippen molar-refractivity contribution in [3.63, 3.8) is 0 Å². The van der Waals surface area contributed by atoms with E-state index in [1.807, 2.05) is 6.08 Å². The molecule has 1 amide bonds. The monoisotopic (exact) mass is 356 g/mol. The van der Waals surface area contributed by atoms with E-state index in [2.05, 4.69) is 11.9 Å². The van der Waals surface area contributed by atoms with Crippen molar-refractivity contribution in [2.24, 2.45) is 5.73 Å². The predicted molar refractivity (Wildman–Crippen MR) is 102 cm³/mol. The van der Waals surface area contributed by atoms with Gasteiger partial charge >= 0.3 is 0 Å². The van der Waals surface area contributed by atoms with Crippen LogP contribution in [0.1, 0.15) is 45.4 Å². The first-order chi connectivity index (χ1) is 12.6. The summed E-state index contributed by atoms with van der Waals surface area (Å²) in [4.78, 5) is 15.7. The minimum atomic E-state index is -0.771. The number of carbonyl (C=O) groups is 1. The number of nitrogens with two attached hydrogens (primary N) is 1. The van der Waals surface area contributed by atoms with Gasteiger partial charge in [0.1, 0.15) is 0 Å². The van der Waals surface area contributed by atoms with Crippen LogP contribution in [0.4, 0.5) is 4.39 Å². The molecule has 138 valence electrons. The number of allylic oxidation sites excluding steroid dienone is 3. The van der Waals surface area contributed by atoms with E-state index in [4.69, 9.17) is 10.5 Å². The van der Waals surface area contributed by atoms with E-state index in [9.17, 15) is 9.18 Å². The summed E-state index contributed by atoms with van der Waals surface area (Å²) in [5.74, 6) is -1.82. The highest BCUT2D eigenvalue weighted by Crippen LogP contribution is 2.22. The number of benzene rings is 1. The number of nitrogens with zero attached hydrogens (tertiary/aromatic N) is 1. The largest absolute Gasteiger partial charge is 0.431 e. The lowest BCUT2D eigenvalue weighted by molar-refractivity contribution is -0.116. The highest BCUT2D eigenvalue weighted by atomic mass is 19.1. The number of unbranched alkanes of at least 4 members (excludes halogenated alkanes) is 5. The Hall–Kier alpha value is -2.69. The molecule has 0 aliphatic rings. The molecule has 0 aliphatic carbocycles. The molecule has 0 spiro atoms. The maximum atomic E-state index is 14.1. The predicted octanol–water partition coefficient (Wildman–Crippen LogP) is 5.04. The van der Waals surface area contributed by atoms with E-state index >= 15 is 0 Å². The third kappa shape index (κ3) is 5.99. The van der Waals surface area contributed by atoms with Gasteiger partial charge in [0.2, 0.25) is 0 Å². The number of hydrogen-bond acceptors (Lipinski definition) is 3. The first-order valence-corrected chi connectivity index (χ1v) is 9.01. The van der Waals surface area contributed by atoms with Gasteiger partial charge in [0, 0.05) is 5.39 Å². The fraction of sp³-hybridized carbons (Fsp3) is 0.333.